The van der Waals surface area contributed by atoms with Gasteiger partial charge in [0.25, 0.3) is 0 Å². The number of hydrogen-bond donors (Lipinski definition) is 1. The molecule has 2 heterocycles. The lowest BCUT2D eigenvalue weighted by Crippen LogP contribution is -2.48. The molecule has 2 fully saturated rings. The first-order valence-corrected chi connectivity index (χ1v) is 9.17. The third-order valence-corrected chi connectivity index (χ3v) is 5.79. The summed E-state index contributed by atoms with van der Waals surface area (Å²) in [6, 6.07) is 8.38. The van der Waals surface area contributed by atoms with Crippen LogP contribution in [0, 0.1) is 5.92 Å². The molecule has 1 saturated carbocycles. The van der Waals surface area contributed by atoms with Crippen molar-refractivity contribution in [2.45, 2.75) is 44.6 Å². The minimum absolute atomic E-state index is 0.0457. The third-order valence-electron chi connectivity index (χ3n) is 5.79. The van der Waals surface area contributed by atoms with Crippen LogP contribution in [-0.4, -0.2) is 42.5 Å². The summed E-state index contributed by atoms with van der Waals surface area (Å²) in [6.45, 7) is 1.93. The molecule has 3 aliphatic rings. The molecule has 0 radical (unpaired) electrons. The number of carbonyl (C=O) groups excluding carboxylic acids is 2. The number of urea groups is 1. The van der Waals surface area contributed by atoms with E-state index in [-0.39, 0.29) is 11.9 Å². The normalized spacial score (nSPS) is 23.3. The zero-order valence-electron chi connectivity index (χ0n) is 14.0. The SMILES string of the molecule is O=C1Cc2ccccc2N1CCNC(=O)N1CCC[C@H]1C1CCC1. The summed E-state index contributed by atoms with van der Waals surface area (Å²) in [5.41, 5.74) is 2.07. The summed E-state index contributed by atoms with van der Waals surface area (Å²) in [5, 5.41) is 3.03. The molecule has 3 amide bonds. The van der Waals surface area contributed by atoms with E-state index in [4.69, 9.17) is 0 Å². The van der Waals surface area contributed by atoms with Gasteiger partial charge in [0.15, 0.2) is 0 Å². The van der Waals surface area contributed by atoms with E-state index >= 15 is 0 Å². The molecule has 0 bridgehead atoms. The molecule has 4 rings (SSSR count). The van der Waals surface area contributed by atoms with Gasteiger partial charge in [0.1, 0.15) is 0 Å². The van der Waals surface area contributed by atoms with Crippen LogP contribution in [0.15, 0.2) is 24.3 Å². The highest BCUT2D eigenvalue weighted by Gasteiger charge is 2.37. The molecule has 0 aromatic heterocycles. The molecule has 24 heavy (non-hydrogen) atoms. The van der Waals surface area contributed by atoms with Crippen molar-refractivity contribution in [3.63, 3.8) is 0 Å². The van der Waals surface area contributed by atoms with E-state index in [0.717, 1.165) is 30.6 Å². The lowest BCUT2D eigenvalue weighted by molar-refractivity contribution is -0.117. The second-order valence-corrected chi connectivity index (χ2v) is 7.18. The van der Waals surface area contributed by atoms with Gasteiger partial charge >= 0.3 is 6.03 Å². The van der Waals surface area contributed by atoms with Crippen molar-refractivity contribution in [2.75, 3.05) is 24.5 Å². The zero-order chi connectivity index (χ0) is 16.5. The first kappa shape index (κ1) is 15.5. The molecular weight excluding hydrogens is 302 g/mol. The van der Waals surface area contributed by atoms with Crippen LogP contribution in [0.2, 0.25) is 0 Å². The topological polar surface area (TPSA) is 52.7 Å². The van der Waals surface area contributed by atoms with E-state index in [1.165, 1.54) is 19.3 Å². The second kappa shape index (κ2) is 6.46. The minimum Gasteiger partial charge on any atom is -0.336 e. The van der Waals surface area contributed by atoms with Crippen LogP contribution in [0.1, 0.15) is 37.7 Å². The predicted octanol–water partition coefficient (Wildman–Crippen LogP) is 2.55. The smallest absolute Gasteiger partial charge is 0.317 e. The van der Waals surface area contributed by atoms with Crippen LogP contribution < -0.4 is 10.2 Å². The monoisotopic (exact) mass is 327 g/mol. The maximum Gasteiger partial charge on any atom is 0.317 e. The molecule has 1 saturated heterocycles. The fraction of sp³-hybridized carbons (Fsp3) is 0.579. The molecule has 1 aliphatic carbocycles. The summed E-state index contributed by atoms with van der Waals surface area (Å²) < 4.78 is 0. The van der Waals surface area contributed by atoms with E-state index in [9.17, 15) is 9.59 Å². The lowest BCUT2D eigenvalue weighted by Gasteiger charge is -2.37. The van der Waals surface area contributed by atoms with Gasteiger partial charge in [-0.2, -0.15) is 0 Å². The first-order chi connectivity index (χ1) is 11.7. The number of carbonyl (C=O) groups is 2. The van der Waals surface area contributed by atoms with Crippen LogP contribution in [0.25, 0.3) is 0 Å². The van der Waals surface area contributed by atoms with Gasteiger partial charge in [0.2, 0.25) is 5.91 Å². The van der Waals surface area contributed by atoms with Gasteiger partial charge in [0.05, 0.1) is 6.42 Å². The van der Waals surface area contributed by atoms with E-state index in [2.05, 4.69) is 5.32 Å². The van der Waals surface area contributed by atoms with Crippen molar-refractivity contribution < 1.29 is 9.59 Å². The molecule has 1 aromatic carbocycles. The number of nitrogens with one attached hydrogen (secondary N) is 1. The average molecular weight is 327 g/mol. The number of likely N-dealkylation sites (tertiary alicyclic amines) is 1. The van der Waals surface area contributed by atoms with E-state index in [1.54, 1.807) is 4.90 Å². The Labute approximate surface area is 143 Å². The minimum atomic E-state index is 0.0457. The lowest BCUT2D eigenvalue weighted by atomic mass is 9.79. The summed E-state index contributed by atoms with van der Waals surface area (Å²) >= 11 is 0. The molecule has 2 aliphatic heterocycles. The van der Waals surface area contributed by atoms with Crippen LogP contribution in [0.3, 0.4) is 0 Å². The fourth-order valence-corrected chi connectivity index (χ4v) is 4.30. The number of para-hydroxylation sites is 1. The Kier molecular flexibility index (Phi) is 4.17. The molecule has 0 unspecified atom stereocenters. The second-order valence-electron chi connectivity index (χ2n) is 7.18. The fourth-order valence-electron chi connectivity index (χ4n) is 4.30. The van der Waals surface area contributed by atoms with Gasteiger partial charge in [-0.25, -0.2) is 4.79 Å². The van der Waals surface area contributed by atoms with Gasteiger partial charge in [-0.3, -0.25) is 4.79 Å². The quantitative estimate of drug-likeness (QED) is 0.924. The molecular formula is C19H25N3O2. The van der Waals surface area contributed by atoms with Crippen molar-refractivity contribution in [3.8, 4) is 0 Å². The van der Waals surface area contributed by atoms with E-state index in [0.29, 0.717) is 31.5 Å². The van der Waals surface area contributed by atoms with Crippen molar-refractivity contribution >= 4 is 17.6 Å². The molecule has 1 aromatic rings. The number of rotatable bonds is 4. The van der Waals surface area contributed by atoms with Crippen molar-refractivity contribution in [1.29, 1.82) is 0 Å². The summed E-state index contributed by atoms with van der Waals surface area (Å²) in [4.78, 5) is 28.5. The summed E-state index contributed by atoms with van der Waals surface area (Å²) in [6.07, 6.45) is 6.59. The number of nitrogens with zero attached hydrogens (tertiary/aromatic N) is 2. The highest BCUT2D eigenvalue weighted by atomic mass is 16.2. The molecule has 5 nitrogen and oxygen atoms in total. The van der Waals surface area contributed by atoms with Crippen molar-refractivity contribution in [3.05, 3.63) is 29.8 Å². The Morgan fingerprint density at radius 2 is 2.00 bits per heavy atom. The number of fused-ring (bicyclic) bond motifs is 1. The standard InChI is InChI=1S/C19H25N3O2/c23-18-13-15-5-1-2-8-17(15)21(18)12-10-20-19(24)22-11-4-9-16(22)14-6-3-7-14/h1-2,5,8,14,16H,3-4,6-7,9-13H2,(H,20,24)/t16-/m0/s1. The highest BCUT2D eigenvalue weighted by molar-refractivity contribution is 6.01. The summed E-state index contributed by atoms with van der Waals surface area (Å²) in [7, 11) is 0. The number of amides is 3. The summed E-state index contributed by atoms with van der Waals surface area (Å²) in [5.74, 6) is 0.837. The van der Waals surface area contributed by atoms with Crippen molar-refractivity contribution in [1.82, 2.24) is 10.2 Å². The van der Waals surface area contributed by atoms with Gasteiger partial charge in [-0.15, -0.1) is 0 Å². The Balaban J connectivity index is 1.31. The number of benzene rings is 1. The number of anilines is 1. The zero-order valence-corrected chi connectivity index (χ0v) is 14.0. The molecule has 0 spiro atoms. The van der Waals surface area contributed by atoms with Gasteiger partial charge in [-0.05, 0) is 43.2 Å². The Morgan fingerprint density at radius 1 is 1.17 bits per heavy atom. The van der Waals surface area contributed by atoms with Crippen LogP contribution in [-0.2, 0) is 11.2 Å². The highest BCUT2D eigenvalue weighted by Crippen LogP contribution is 2.37. The first-order valence-electron chi connectivity index (χ1n) is 9.17. The Morgan fingerprint density at radius 3 is 2.79 bits per heavy atom. The molecule has 1 atom stereocenters. The van der Waals surface area contributed by atoms with Crippen LogP contribution >= 0.6 is 0 Å². The van der Waals surface area contributed by atoms with Gasteiger partial charge in [0, 0.05) is 31.4 Å². The average Bonchev–Trinajstić information content (AvgIpc) is 3.11. The third kappa shape index (κ3) is 2.76. The molecule has 5 heteroatoms. The Bertz CT molecular complexity index is 641. The van der Waals surface area contributed by atoms with Crippen molar-refractivity contribution in [2.24, 2.45) is 5.92 Å². The van der Waals surface area contributed by atoms with E-state index < -0.39 is 0 Å². The van der Waals surface area contributed by atoms with Crippen LogP contribution in [0.5, 0.6) is 0 Å². The van der Waals surface area contributed by atoms with E-state index in [1.807, 2.05) is 29.2 Å². The molecule has 128 valence electrons. The molecule has 1 N–H and O–H groups in total. The predicted molar refractivity (Wildman–Crippen MR) is 93.0 cm³/mol. The van der Waals surface area contributed by atoms with Gasteiger partial charge < -0.3 is 15.1 Å². The van der Waals surface area contributed by atoms with Gasteiger partial charge in [-0.1, -0.05) is 24.6 Å². The van der Waals surface area contributed by atoms with Crippen LogP contribution in [0.4, 0.5) is 10.5 Å². The maximum absolute atomic E-state index is 12.5. The Hall–Kier alpha value is -2.04. The largest absolute Gasteiger partial charge is 0.336 e. The maximum atomic E-state index is 12.5. The number of hydrogen-bond acceptors (Lipinski definition) is 2.